The lowest BCUT2D eigenvalue weighted by Gasteiger charge is -2.15. The van der Waals surface area contributed by atoms with Crippen LogP contribution in [0.5, 0.6) is 0 Å². The Morgan fingerprint density at radius 1 is 1.36 bits per heavy atom. The van der Waals surface area contributed by atoms with Crippen LogP contribution in [0.3, 0.4) is 0 Å². The van der Waals surface area contributed by atoms with Gasteiger partial charge in [0.15, 0.2) is 0 Å². The van der Waals surface area contributed by atoms with Crippen LogP contribution in [-0.4, -0.2) is 17.4 Å². The van der Waals surface area contributed by atoms with Crippen molar-refractivity contribution in [3.63, 3.8) is 0 Å². The monoisotopic (exact) mass is 187 g/mol. The van der Waals surface area contributed by atoms with Gasteiger partial charge in [0.1, 0.15) is 0 Å². The van der Waals surface area contributed by atoms with Gasteiger partial charge in [-0.3, -0.25) is 4.79 Å². The lowest BCUT2D eigenvalue weighted by molar-refractivity contribution is -0.128. The minimum absolute atomic E-state index is 0.0196. The zero-order valence-electron chi connectivity index (χ0n) is 8.02. The third kappa shape index (κ3) is 1.95. The van der Waals surface area contributed by atoms with E-state index in [4.69, 9.17) is 6.92 Å². The van der Waals surface area contributed by atoms with E-state index in [1.807, 2.05) is 35.2 Å². The minimum Gasteiger partial charge on any atom is -0.338 e. The Bertz CT molecular complexity index is 320. The number of nitrogens with zero attached hydrogens (tertiary/aromatic N) is 1. The summed E-state index contributed by atoms with van der Waals surface area (Å²) < 4.78 is 0. The van der Waals surface area contributed by atoms with Crippen LogP contribution in [0.2, 0.25) is 0 Å². The molecule has 72 valence electrons. The van der Waals surface area contributed by atoms with Crippen LogP contribution in [-0.2, 0) is 11.3 Å². The first-order chi connectivity index (χ1) is 6.75. The maximum absolute atomic E-state index is 11.4. The molecule has 1 aliphatic rings. The van der Waals surface area contributed by atoms with E-state index < -0.39 is 0 Å². The van der Waals surface area contributed by atoms with Crippen molar-refractivity contribution in [1.29, 1.82) is 0 Å². The van der Waals surface area contributed by atoms with E-state index in [1.165, 1.54) is 0 Å². The molecular weight excluding hydrogens is 174 g/mol. The van der Waals surface area contributed by atoms with Gasteiger partial charge in [-0.15, -0.1) is 0 Å². The molecule has 0 spiro atoms. The molecule has 0 aromatic heterocycles. The van der Waals surface area contributed by atoms with Crippen molar-refractivity contribution in [1.82, 2.24) is 4.90 Å². The highest BCUT2D eigenvalue weighted by molar-refractivity contribution is 5.78. The number of carbonyl (C=O) groups excluding carboxylic acids is 1. The van der Waals surface area contributed by atoms with Gasteiger partial charge >= 0.3 is 0 Å². The zero-order valence-corrected chi connectivity index (χ0v) is 8.02. The second-order valence-electron chi connectivity index (χ2n) is 3.72. The molecular formula is C12H13NO. The molecule has 0 N–H and O–H groups in total. The topological polar surface area (TPSA) is 20.3 Å². The summed E-state index contributed by atoms with van der Waals surface area (Å²) in [5, 5.41) is 0. The highest BCUT2D eigenvalue weighted by atomic mass is 16.2. The van der Waals surface area contributed by atoms with Crippen LogP contribution in [0.4, 0.5) is 0 Å². The van der Waals surface area contributed by atoms with Gasteiger partial charge < -0.3 is 4.90 Å². The Kier molecular flexibility index (Phi) is 2.53. The van der Waals surface area contributed by atoms with Crippen LogP contribution in [0.15, 0.2) is 30.3 Å². The number of likely N-dealkylation sites (tertiary alicyclic amines) is 1. The highest BCUT2D eigenvalue weighted by Crippen LogP contribution is 2.18. The first kappa shape index (κ1) is 9.25. The summed E-state index contributed by atoms with van der Waals surface area (Å²) in [6, 6.07) is 9.99. The number of hydrogen-bond acceptors (Lipinski definition) is 1. The van der Waals surface area contributed by atoms with Gasteiger partial charge in [0.2, 0.25) is 5.91 Å². The first-order valence-electron chi connectivity index (χ1n) is 4.83. The Morgan fingerprint density at radius 3 is 2.64 bits per heavy atom. The Hall–Kier alpha value is -1.31. The molecule has 2 heteroatoms. The molecule has 2 nitrogen and oxygen atoms in total. The quantitative estimate of drug-likeness (QED) is 0.690. The largest absolute Gasteiger partial charge is 0.338 e. The fourth-order valence-corrected chi connectivity index (χ4v) is 1.76. The summed E-state index contributed by atoms with van der Waals surface area (Å²) in [7, 11) is 0. The Balaban J connectivity index is 2.02. The van der Waals surface area contributed by atoms with E-state index in [1.54, 1.807) is 0 Å². The summed E-state index contributed by atoms with van der Waals surface area (Å²) in [5.41, 5.74) is 1.16. The lowest BCUT2D eigenvalue weighted by atomic mass is 10.2. The fraction of sp³-hybridized carbons (Fsp3) is 0.333. The Morgan fingerprint density at radius 2 is 2.07 bits per heavy atom. The van der Waals surface area contributed by atoms with Gasteiger partial charge in [-0.25, -0.2) is 0 Å². The fourth-order valence-electron chi connectivity index (χ4n) is 1.76. The molecule has 1 fully saturated rings. The van der Waals surface area contributed by atoms with E-state index in [9.17, 15) is 4.79 Å². The van der Waals surface area contributed by atoms with Gasteiger partial charge in [0.25, 0.3) is 0 Å². The Labute approximate surface area is 84.5 Å². The summed E-state index contributed by atoms with van der Waals surface area (Å²) >= 11 is 0. The number of rotatable bonds is 2. The maximum Gasteiger partial charge on any atom is 0.223 e. The summed E-state index contributed by atoms with van der Waals surface area (Å²) in [5.74, 6) is 0.188. The molecule has 0 bridgehead atoms. The van der Waals surface area contributed by atoms with E-state index in [-0.39, 0.29) is 11.8 Å². The van der Waals surface area contributed by atoms with Crippen LogP contribution in [0, 0.1) is 12.8 Å². The van der Waals surface area contributed by atoms with Crippen molar-refractivity contribution in [3.05, 3.63) is 42.8 Å². The van der Waals surface area contributed by atoms with Crippen LogP contribution >= 0.6 is 0 Å². The van der Waals surface area contributed by atoms with Crippen LogP contribution < -0.4 is 0 Å². The number of carbonyl (C=O) groups is 1. The van der Waals surface area contributed by atoms with Gasteiger partial charge in [-0.05, 0) is 18.4 Å². The van der Waals surface area contributed by atoms with Gasteiger partial charge in [-0.2, -0.15) is 0 Å². The minimum atomic E-state index is 0.0196. The van der Waals surface area contributed by atoms with E-state index in [2.05, 4.69) is 0 Å². The normalized spacial score (nSPS) is 21.6. The van der Waals surface area contributed by atoms with Crippen molar-refractivity contribution in [2.24, 2.45) is 5.92 Å². The molecule has 1 saturated heterocycles. The predicted octanol–water partition coefficient (Wildman–Crippen LogP) is 1.75. The molecule has 1 unspecified atom stereocenters. The van der Waals surface area contributed by atoms with Crippen molar-refractivity contribution < 1.29 is 4.79 Å². The molecule has 1 heterocycles. The second kappa shape index (κ2) is 3.82. The van der Waals surface area contributed by atoms with E-state index in [0.29, 0.717) is 19.5 Å². The molecule has 1 amide bonds. The smallest absolute Gasteiger partial charge is 0.223 e. The number of amides is 1. The van der Waals surface area contributed by atoms with E-state index >= 15 is 0 Å². The molecule has 0 aliphatic carbocycles. The van der Waals surface area contributed by atoms with Gasteiger partial charge in [-0.1, -0.05) is 30.3 Å². The molecule has 1 aliphatic heterocycles. The molecule has 1 aromatic carbocycles. The summed E-state index contributed by atoms with van der Waals surface area (Å²) in [4.78, 5) is 13.3. The third-order valence-corrected chi connectivity index (χ3v) is 2.46. The number of hydrogen-bond donors (Lipinski definition) is 0. The average Bonchev–Trinajstić information content (AvgIpc) is 2.47. The SMILES string of the molecule is [CH]C1CC(=O)N(Cc2ccccc2)C1. The van der Waals surface area contributed by atoms with Gasteiger partial charge in [0.05, 0.1) is 0 Å². The molecule has 2 rings (SSSR count). The maximum atomic E-state index is 11.4. The molecule has 1 aromatic rings. The average molecular weight is 187 g/mol. The third-order valence-electron chi connectivity index (χ3n) is 2.46. The van der Waals surface area contributed by atoms with Crippen LogP contribution in [0.1, 0.15) is 12.0 Å². The molecule has 0 saturated carbocycles. The second-order valence-corrected chi connectivity index (χ2v) is 3.72. The van der Waals surface area contributed by atoms with Crippen molar-refractivity contribution in [2.45, 2.75) is 13.0 Å². The standard InChI is InChI=1S/C12H13NO/c1-10-7-12(14)13(8-10)9-11-5-3-2-4-6-11/h1-6,10H,7-9H2. The zero-order chi connectivity index (χ0) is 9.97. The van der Waals surface area contributed by atoms with Crippen molar-refractivity contribution in [2.75, 3.05) is 6.54 Å². The summed E-state index contributed by atoms with van der Waals surface area (Å²) in [6.07, 6.45) is 0.493. The van der Waals surface area contributed by atoms with Gasteiger partial charge in [0, 0.05) is 19.5 Å². The van der Waals surface area contributed by atoms with Crippen molar-refractivity contribution in [3.8, 4) is 0 Å². The number of benzene rings is 1. The first-order valence-corrected chi connectivity index (χ1v) is 4.83. The molecule has 1 atom stereocenters. The van der Waals surface area contributed by atoms with E-state index in [0.717, 1.165) is 5.56 Å². The summed E-state index contributed by atoms with van der Waals surface area (Å²) in [6.45, 7) is 7.08. The predicted molar refractivity (Wildman–Crippen MR) is 54.3 cm³/mol. The molecule has 2 radical (unpaired) electrons. The lowest BCUT2D eigenvalue weighted by Crippen LogP contribution is -2.24. The molecule has 14 heavy (non-hydrogen) atoms. The highest BCUT2D eigenvalue weighted by Gasteiger charge is 2.26. The van der Waals surface area contributed by atoms with Crippen molar-refractivity contribution >= 4 is 5.91 Å². The van der Waals surface area contributed by atoms with Crippen LogP contribution in [0.25, 0.3) is 0 Å².